The summed E-state index contributed by atoms with van der Waals surface area (Å²) >= 11 is 0. The van der Waals surface area contributed by atoms with Crippen LogP contribution in [0.15, 0.2) is 53.8 Å². The average molecular weight is 353 g/mol. The molecule has 6 heteroatoms. The maximum absolute atomic E-state index is 11.9. The fraction of sp³-hybridized carbons (Fsp3) is 0.350. The normalized spacial score (nSPS) is 12.3. The number of nitrogens with zero attached hydrogens (tertiary/aromatic N) is 2. The zero-order chi connectivity index (χ0) is 18.8. The third kappa shape index (κ3) is 6.20. The molecule has 0 spiro atoms. The minimum absolute atomic E-state index is 0.129. The van der Waals surface area contributed by atoms with E-state index in [1.807, 2.05) is 0 Å². The topological polar surface area (TPSA) is 78.4 Å². The van der Waals surface area contributed by atoms with Gasteiger partial charge in [-0.2, -0.15) is 0 Å². The molecular weight excluding hydrogens is 326 g/mol. The smallest absolute Gasteiger partial charge is 0.252 e. The minimum Gasteiger partial charge on any atom is -0.356 e. The number of benzene rings is 1. The number of aryl methyl sites for hydroxylation is 1. The van der Waals surface area contributed by atoms with E-state index in [1.54, 1.807) is 31.6 Å². The van der Waals surface area contributed by atoms with E-state index in [0.29, 0.717) is 24.6 Å². The highest BCUT2D eigenvalue weighted by atomic mass is 16.1. The van der Waals surface area contributed by atoms with Crippen molar-refractivity contribution in [1.29, 1.82) is 0 Å². The molecule has 0 saturated heterocycles. The van der Waals surface area contributed by atoms with Crippen molar-refractivity contribution in [3.63, 3.8) is 0 Å². The van der Waals surface area contributed by atoms with Crippen LogP contribution in [0, 0.1) is 6.92 Å². The number of pyridine rings is 1. The number of carbonyl (C=O) groups is 1. The number of hydrogen-bond donors (Lipinski definition) is 3. The number of hydrogen-bond acceptors (Lipinski definition) is 3. The highest BCUT2D eigenvalue weighted by molar-refractivity contribution is 5.93. The lowest BCUT2D eigenvalue weighted by Crippen LogP contribution is -2.42. The summed E-state index contributed by atoms with van der Waals surface area (Å²) in [5.74, 6) is 0.967. The van der Waals surface area contributed by atoms with E-state index >= 15 is 0 Å². The van der Waals surface area contributed by atoms with Gasteiger partial charge >= 0.3 is 0 Å². The molecule has 1 atom stereocenters. The summed E-state index contributed by atoms with van der Waals surface area (Å²) in [7, 11) is 1.74. The third-order valence-electron chi connectivity index (χ3n) is 4.07. The number of nitrogens with one attached hydrogen (secondary N) is 3. The molecule has 0 radical (unpaired) electrons. The lowest BCUT2D eigenvalue weighted by molar-refractivity contribution is 0.0954. The number of aromatic nitrogens is 1. The van der Waals surface area contributed by atoms with E-state index in [9.17, 15) is 4.79 Å². The van der Waals surface area contributed by atoms with E-state index in [2.05, 4.69) is 64.0 Å². The molecule has 1 heterocycles. The standard InChI is InChI=1S/C20H27N5O/c1-15-6-8-17(9-7-15)16(2)13-25-20(21-3)24-12-11-23-19(26)18-5-4-10-22-14-18/h4-10,14,16H,11-13H2,1-3H3,(H,23,26)(H2,21,24,25). The highest BCUT2D eigenvalue weighted by Crippen LogP contribution is 2.14. The van der Waals surface area contributed by atoms with Crippen LogP contribution < -0.4 is 16.0 Å². The van der Waals surface area contributed by atoms with Crippen molar-refractivity contribution in [1.82, 2.24) is 20.9 Å². The Hall–Kier alpha value is -2.89. The molecule has 0 aliphatic carbocycles. The number of aliphatic imine (C=N–C) groups is 1. The molecular formula is C20H27N5O. The molecule has 1 unspecified atom stereocenters. The Labute approximate surface area is 155 Å². The fourth-order valence-electron chi connectivity index (χ4n) is 2.44. The molecule has 0 saturated carbocycles. The van der Waals surface area contributed by atoms with Gasteiger partial charge in [0, 0.05) is 39.1 Å². The van der Waals surface area contributed by atoms with E-state index in [-0.39, 0.29) is 5.91 Å². The Morgan fingerprint density at radius 1 is 1.12 bits per heavy atom. The Kier molecular flexibility index (Phi) is 7.61. The first-order valence-corrected chi connectivity index (χ1v) is 8.79. The lowest BCUT2D eigenvalue weighted by Gasteiger charge is -2.16. The van der Waals surface area contributed by atoms with Crippen LogP contribution in [-0.2, 0) is 0 Å². The molecule has 2 aromatic rings. The zero-order valence-electron chi connectivity index (χ0n) is 15.6. The quantitative estimate of drug-likeness (QED) is 0.405. The summed E-state index contributed by atoms with van der Waals surface area (Å²) in [6, 6.07) is 12.1. The molecule has 0 aliphatic heterocycles. The van der Waals surface area contributed by atoms with Crippen LogP contribution in [0.5, 0.6) is 0 Å². The van der Waals surface area contributed by atoms with Gasteiger partial charge in [0.2, 0.25) is 0 Å². The summed E-state index contributed by atoms with van der Waals surface area (Å²) in [6.45, 7) is 6.14. The third-order valence-corrected chi connectivity index (χ3v) is 4.07. The van der Waals surface area contributed by atoms with Gasteiger partial charge in [0.25, 0.3) is 5.91 Å². The molecule has 2 rings (SSSR count). The van der Waals surface area contributed by atoms with E-state index in [1.165, 1.54) is 11.1 Å². The van der Waals surface area contributed by atoms with Crippen LogP contribution in [-0.4, -0.2) is 43.5 Å². The molecule has 1 amide bonds. The SMILES string of the molecule is CN=C(NCCNC(=O)c1cccnc1)NCC(C)c1ccc(C)cc1. The van der Waals surface area contributed by atoms with E-state index < -0.39 is 0 Å². The lowest BCUT2D eigenvalue weighted by atomic mass is 10.0. The molecule has 1 aromatic carbocycles. The Morgan fingerprint density at radius 3 is 2.50 bits per heavy atom. The first-order chi connectivity index (χ1) is 12.6. The molecule has 6 nitrogen and oxygen atoms in total. The molecule has 3 N–H and O–H groups in total. The summed E-state index contributed by atoms with van der Waals surface area (Å²) in [5, 5.41) is 9.37. The highest BCUT2D eigenvalue weighted by Gasteiger charge is 2.07. The predicted octanol–water partition coefficient (Wildman–Crippen LogP) is 2.09. The van der Waals surface area contributed by atoms with Crippen LogP contribution >= 0.6 is 0 Å². The summed E-state index contributed by atoms with van der Waals surface area (Å²) in [4.78, 5) is 20.1. The van der Waals surface area contributed by atoms with Gasteiger partial charge in [-0.3, -0.25) is 14.8 Å². The summed E-state index contributed by atoms with van der Waals surface area (Å²) in [6.07, 6.45) is 3.20. The van der Waals surface area contributed by atoms with Gasteiger partial charge in [-0.15, -0.1) is 0 Å². The van der Waals surface area contributed by atoms with Crippen molar-refractivity contribution in [2.45, 2.75) is 19.8 Å². The largest absolute Gasteiger partial charge is 0.356 e. The van der Waals surface area contributed by atoms with Crippen LogP contribution in [0.2, 0.25) is 0 Å². The number of rotatable bonds is 7. The molecule has 0 fully saturated rings. The van der Waals surface area contributed by atoms with Gasteiger partial charge in [0.1, 0.15) is 0 Å². The first kappa shape index (κ1) is 19.4. The maximum Gasteiger partial charge on any atom is 0.252 e. The van der Waals surface area contributed by atoms with Crippen molar-refractivity contribution >= 4 is 11.9 Å². The van der Waals surface area contributed by atoms with Crippen molar-refractivity contribution in [2.75, 3.05) is 26.7 Å². The summed E-state index contributed by atoms with van der Waals surface area (Å²) < 4.78 is 0. The molecule has 0 aliphatic rings. The van der Waals surface area contributed by atoms with E-state index in [4.69, 9.17) is 0 Å². The van der Waals surface area contributed by atoms with Gasteiger partial charge in [-0.25, -0.2) is 0 Å². The predicted molar refractivity (Wildman–Crippen MR) is 106 cm³/mol. The van der Waals surface area contributed by atoms with Crippen LogP contribution in [0.25, 0.3) is 0 Å². The number of guanidine groups is 1. The monoisotopic (exact) mass is 353 g/mol. The summed E-state index contributed by atoms with van der Waals surface area (Å²) in [5.41, 5.74) is 3.11. The molecule has 0 bridgehead atoms. The number of carbonyl (C=O) groups excluding carboxylic acids is 1. The second-order valence-electron chi connectivity index (χ2n) is 6.19. The Balaban J connectivity index is 1.69. The fourth-order valence-corrected chi connectivity index (χ4v) is 2.44. The van der Waals surface area contributed by atoms with Crippen LogP contribution in [0.3, 0.4) is 0 Å². The van der Waals surface area contributed by atoms with Crippen LogP contribution in [0.1, 0.15) is 34.3 Å². The minimum atomic E-state index is -0.129. The second kappa shape index (κ2) is 10.2. The average Bonchev–Trinajstić information content (AvgIpc) is 2.68. The maximum atomic E-state index is 11.9. The van der Waals surface area contributed by atoms with Gasteiger partial charge in [0.15, 0.2) is 5.96 Å². The Morgan fingerprint density at radius 2 is 1.85 bits per heavy atom. The van der Waals surface area contributed by atoms with Crippen LogP contribution in [0.4, 0.5) is 0 Å². The van der Waals surface area contributed by atoms with E-state index in [0.717, 1.165) is 12.5 Å². The van der Waals surface area contributed by atoms with Crippen molar-refractivity contribution in [2.24, 2.45) is 4.99 Å². The Bertz CT molecular complexity index is 713. The molecule has 1 aromatic heterocycles. The van der Waals surface area contributed by atoms with Gasteiger partial charge in [-0.1, -0.05) is 36.8 Å². The number of amides is 1. The van der Waals surface area contributed by atoms with Gasteiger partial charge in [-0.05, 0) is 30.5 Å². The first-order valence-electron chi connectivity index (χ1n) is 8.79. The zero-order valence-corrected chi connectivity index (χ0v) is 15.6. The molecule has 26 heavy (non-hydrogen) atoms. The van der Waals surface area contributed by atoms with Gasteiger partial charge < -0.3 is 16.0 Å². The van der Waals surface area contributed by atoms with Gasteiger partial charge in [0.05, 0.1) is 5.56 Å². The van der Waals surface area contributed by atoms with Crippen molar-refractivity contribution in [3.05, 3.63) is 65.5 Å². The second-order valence-corrected chi connectivity index (χ2v) is 6.19. The molecule has 138 valence electrons. The van der Waals surface area contributed by atoms with Crippen molar-refractivity contribution < 1.29 is 4.79 Å². The van der Waals surface area contributed by atoms with Crippen molar-refractivity contribution in [3.8, 4) is 0 Å².